The number of nitrogens with zero attached hydrogens (tertiary/aromatic N) is 2. The summed E-state index contributed by atoms with van der Waals surface area (Å²) in [5.74, 6) is 0.238. The van der Waals surface area contributed by atoms with Gasteiger partial charge in [0.05, 0.1) is 11.0 Å². The Balaban J connectivity index is 1.67. The largest absolute Gasteiger partial charge is 0.508 e. The van der Waals surface area contributed by atoms with Gasteiger partial charge in [-0.3, -0.25) is 4.79 Å². The normalized spacial score (nSPS) is 11.0. The second-order valence-corrected chi connectivity index (χ2v) is 6.55. The zero-order valence-electron chi connectivity index (χ0n) is 13.1. The molecule has 124 valence electrons. The van der Waals surface area contributed by atoms with E-state index in [-0.39, 0.29) is 12.3 Å². The number of thioether (sulfide) groups is 1. The highest BCUT2D eigenvalue weighted by atomic mass is 32.2. The molecule has 0 spiro atoms. The van der Waals surface area contributed by atoms with Crippen LogP contribution in [0.2, 0.25) is 0 Å². The Hall–Kier alpha value is -2.47. The van der Waals surface area contributed by atoms with Crippen LogP contribution in [0.5, 0.6) is 5.75 Å². The standard InChI is InChI=1S/C18H18N2O3S/c21-14-7-3-5-13(11-14)6-4-10-24-18-19-15-8-1-2-9-16(15)20(18)12-17(22)23/h1-3,5,7-9,11,21H,4,6,10,12H2,(H,22,23). The van der Waals surface area contributed by atoms with Gasteiger partial charge in [-0.1, -0.05) is 36.0 Å². The molecule has 0 radical (unpaired) electrons. The first-order chi connectivity index (χ1) is 11.6. The maximum absolute atomic E-state index is 11.1. The predicted octanol–water partition coefficient (Wildman–Crippen LogP) is 3.55. The number of imidazole rings is 1. The van der Waals surface area contributed by atoms with Crippen molar-refractivity contribution in [3.8, 4) is 5.75 Å². The van der Waals surface area contributed by atoms with E-state index in [1.165, 1.54) is 0 Å². The Morgan fingerprint density at radius 2 is 2.00 bits per heavy atom. The van der Waals surface area contributed by atoms with Gasteiger partial charge in [0.2, 0.25) is 0 Å². The number of aromatic hydroxyl groups is 1. The van der Waals surface area contributed by atoms with E-state index in [1.54, 1.807) is 28.5 Å². The molecule has 3 rings (SSSR count). The summed E-state index contributed by atoms with van der Waals surface area (Å²) in [4.78, 5) is 15.7. The van der Waals surface area contributed by atoms with Crippen LogP contribution in [0.15, 0.2) is 53.7 Å². The van der Waals surface area contributed by atoms with Crippen molar-refractivity contribution in [2.45, 2.75) is 24.5 Å². The number of phenols is 1. The van der Waals surface area contributed by atoms with Gasteiger partial charge in [-0.25, -0.2) is 4.98 Å². The fraction of sp³-hybridized carbons (Fsp3) is 0.222. The van der Waals surface area contributed by atoms with Crippen LogP contribution in [0.25, 0.3) is 11.0 Å². The fourth-order valence-corrected chi connectivity index (χ4v) is 3.56. The van der Waals surface area contributed by atoms with Crippen LogP contribution < -0.4 is 0 Å². The highest BCUT2D eigenvalue weighted by Crippen LogP contribution is 2.25. The van der Waals surface area contributed by atoms with Gasteiger partial charge in [-0.15, -0.1) is 0 Å². The summed E-state index contributed by atoms with van der Waals surface area (Å²) < 4.78 is 1.75. The third kappa shape index (κ3) is 3.89. The molecule has 3 aromatic rings. The van der Waals surface area contributed by atoms with Crippen molar-refractivity contribution >= 4 is 28.8 Å². The third-order valence-electron chi connectivity index (χ3n) is 3.66. The lowest BCUT2D eigenvalue weighted by Crippen LogP contribution is -2.09. The highest BCUT2D eigenvalue weighted by Gasteiger charge is 2.13. The van der Waals surface area contributed by atoms with Gasteiger partial charge in [0, 0.05) is 5.75 Å². The molecule has 0 atom stereocenters. The summed E-state index contributed by atoms with van der Waals surface area (Å²) in [6.07, 6.45) is 1.78. The summed E-state index contributed by atoms with van der Waals surface area (Å²) in [7, 11) is 0. The predicted molar refractivity (Wildman–Crippen MR) is 94.5 cm³/mol. The van der Waals surface area contributed by atoms with E-state index in [9.17, 15) is 9.90 Å². The number of hydrogen-bond acceptors (Lipinski definition) is 4. The Morgan fingerprint density at radius 3 is 2.79 bits per heavy atom. The van der Waals surface area contributed by atoms with E-state index < -0.39 is 5.97 Å². The molecule has 2 N–H and O–H groups in total. The summed E-state index contributed by atoms with van der Waals surface area (Å²) >= 11 is 1.56. The summed E-state index contributed by atoms with van der Waals surface area (Å²) in [6, 6.07) is 14.8. The molecule has 24 heavy (non-hydrogen) atoms. The number of phenolic OH excluding ortho intramolecular Hbond substituents is 1. The number of carboxylic acids is 1. The molecular formula is C18H18N2O3S. The SMILES string of the molecule is O=C(O)Cn1c(SCCCc2cccc(O)c2)nc2ccccc21. The number of hydrogen-bond donors (Lipinski definition) is 2. The zero-order chi connectivity index (χ0) is 16.9. The Kier molecular flexibility index (Phi) is 5.05. The maximum atomic E-state index is 11.1. The smallest absolute Gasteiger partial charge is 0.323 e. The average molecular weight is 342 g/mol. The lowest BCUT2D eigenvalue weighted by atomic mass is 10.1. The maximum Gasteiger partial charge on any atom is 0.323 e. The van der Waals surface area contributed by atoms with Crippen LogP contribution in [0.1, 0.15) is 12.0 Å². The first-order valence-corrected chi connectivity index (χ1v) is 8.70. The number of aromatic nitrogens is 2. The molecule has 1 heterocycles. The van der Waals surface area contributed by atoms with Crippen LogP contribution in [-0.2, 0) is 17.8 Å². The number of rotatable bonds is 7. The van der Waals surface area contributed by atoms with Gasteiger partial charge >= 0.3 is 5.97 Å². The molecule has 0 fully saturated rings. The van der Waals surface area contributed by atoms with Gasteiger partial charge in [-0.2, -0.15) is 0 Å². The van der Waals surface area contributed by atoms with E-state index >= 15 is 0 Å². The van der Waals surface area contributed by atoms with Crippen molar-refractivity contribution in [2.24, 2.45) is 0 Å². The molecule has 1 aromatic heterocycles. The van der Waals surface area contributed by atoms with Crippen molar-refractivity contribution < 1.29 is 15.0 Å². The van der Waals surface area contributed by atoms with Crippen molar-refractivity contribution in [1.29, 1.82) is 0 Å². The molecule has 0 amide bonds. The second kappa shape index (κ2) is 7.40. The van der Waals surface area contributed by atoms with Gasteiger partial charge < -0.3 is 14.8 Å². The molecular weight excluding hydrogens is 324 g/mol. The van der Waals surface area contributed by atoms with E-state index in [2.05, 4.69) is 4.98 Å². The average Bonchev–Trinajstić information content (AvgIpc) is 2.89. The number of aryl methyl sites for hydroxylation is 1. The van der Waals surface area contributed by atoms with Crippen LogP contribution in [-0.4, -0.2) is 31.5 Å². The van der Waals surface area contributed by atoms with E-state index in [0.717, 1.165) is 40.3 Å². The number of benzene rings is 2. The first-order valence-electron chi connectivity index (χ1n) is 7.71. The number of para-hydroxylation sites is 2. The number of carbonyl (C=O) groups is 1. The van der Waals surface area contributed by atoms with Crippen molar-refractivity contribution in [2.75, 3.05) is 5.75 Å². The molecule has 6 heteroatoms. The van der Waals surface area contributed by atoms with E-state index in [4.69, 9.17) is 5.11 Å². The zero-order valence-corrected chi connectivity index (χ0v) is 13.9. The minimum Gasteiger partial charge on any atom is -0.508 e. The Morgan fingerprint density at radius 1 is 1.17 bits per heavy atom. The molecule has 0 aliphatic carbocycles. The highest BCUT2D eigenvalue weighted by molar-refractivity contribution is 7.99. The van der Waals surface area contributed by atoms with E-state index in [1.807, 2.05) is 36.4 Å². The summed E-state index contributed by atoms with van der Waals surface area (Å²) in [5, 5.41) is 19.3. The summed E-state index contributed by atoms with van der Waals surface area (Å²) in [6.45, 7) is -0.0879. The summed E-state index contributed by atoms with van der Waals surface area (Å²) in [5.41, 5.74) is 2.75. The van der Waals surface area contributed by atoms with Gasteiger partial charge in [0.25, 0.3) is 0 Å². The molecule has 5 nitrogen and oxygen atoms in total. The molecule has 0 saturated heterocycles. The third-order valence-corrected chi connectivity index (χ3v) is 4.73. The van der Waals surface area contributed by atoms with Crippen molar-refractivity contribution in [3.63, 3.8) is 0 Å². The molecule has 0 unspecified atom stereocenters. The van der Waals surface area contributed by atoms with Crippen molar-refractivity contribution in [3.05, 3.63) is 54.1 Å². The lowest BCUT2D eigenvalue weighted by Gasteiger charge is -2.06. The first kappa shape index (κ1) is 16.4. The van der Waals surface area contributed by atoms with Crippen LogP contribution in [0, 0.1) is 0 Å². The van der Waals surface area contributed by atoms with Crippen LogP contribution >= 0.6 is 11.8 Å². The quantitative estimate of drug-likeness (QED) is 0.507. The molecule has 2 aromatic carbocycles. The lowest BCUT2D eigenvalue weighted by molar-refractivity contribution is -0.137. The van der Waals surface area contributed by atoms with Gasteiger partial charge in [0.15, 0.2) is 5.16 Å². The van der Waals surface area contributed by atoms with Crippen molar-refractivity contribution in [1.82, 2.24) is 9.55 Å². The Bertz CT molecular complexity index is 860. The second-order valence-electron chi connectivity index (χ2n) is 5.48. The molecule has 0 bridgehead atoms. The number of carboxylic acid groups (broad SMARTS) is 1. The monoisotopic (exact) mass is 342 g/mol. The number of aliphatic carboxylic acids is 1. The number of fused-ring (bicyclic) bond motifs is 1. The topological polar surface area (TPSA) is 75.3 Å². The van der Waals surface area contributed by atoms with Gasteiger partial charge in [-0.05, 0) is 42.7 Å². The molecule has 0 aliphatic heterocycles. The Labute approximate surface area is 144 Å². The molecule has 0 saturated carbocycles. The minimum atomic E-state index is -0.875. The van der Waals surface area contributed by atoms with Gasteiger partial charge in [0.1, 0.15) is 12.3 Å². The molecule has 0 aliphatic rings. The minimum absolute atomic E-state index is 0.0879. The van der Waals surface area contributed by atoms with Crippen LogP contribution in [0.4, 0.5) is 0 Å². The van der Waals surface area contributed by atoms with E-state index in [0.29, 0.717) is 0 Å². The fourth-order valence-electron chi connectivity index (χ4n) is 2.60. The van der Waals surface area contributed by atoms with Crippen LogP contribution in [0.3, 0.4) is 0 Å².